The fourth-order valence-electron chi connectivity index (χ4n) is 3.21. The Morgan fingerprint density at radius 1 is 1.18 bits per heavy atom. The molecule has 2 aliphatic rings. The minimum atomic E-state index is 0.862. The van der Waals surface area contributed by atoms with Crippen molar-refractivity contribution in [3.05, 3.63) is 48.0 Å². The SMILES string of the molecule is S=C1NCN(CC[C@H]2CC=CCC2)CN1Cc1ccccc1. The third-order valence-corrected chi connectivity index (χ3v) is 4.96. The molecule has 3 rings (SSSR count). The third-order valence-electron chi connectivity index (χ3n) is 4.56. The van der Waals surface area contributed by atoms with Gasteiger partial charge in [-0.2, -0.15) is 0 Å². The average Bonchev–Trinajstić information content (AvgIpc) is 2.57. The predicted molar refractivity (Wildman–Crippen MR) is 95.3 cm³/mol. The zero-order valence-electron chi connectivity index (χ0n) is 13.1. The quantitative estimate of drug-likeness (QED) is 0.663. The maximum Gasteiger partial charge on any atom is 0.171 e. The molecule has 22 heavy (non-hydrogen) atoms. The van der Waals surface area contributed by atoms with Crippen molar-refractivity contribution >= 4 is 17.3 Å². The van der Waals surface area contributed by atoms with E-state index >= 15 is 0 Å². The summed E-state index contributed by atoms with van der Waals surface area (Å²) in [5, 5.41) is 4.24. The molecule has 0 aromatic heterocycles. The molecule has 4 heteroatoms. The van der Waals surface area contributed by atoms with Gasteiger partial charge in [-0.3, -0.25) is 4.90 Å². The van der Waals surface area contributed by atoms with Gasteiger partial charge in [0.05, 0.1) is 13.3 Å². The Bertz CT molecular complexity index is 514. The molecule has 0 saturated carbocycles. The predicted octanol–water partition coefficient (Wildman–Crippen LogP) is 3.34. The maximum atomic E-state index is 5.47. The summed E-state index contributed by atoms with van der Waals surface area (Å²) in [7, 11) is 0. The molecule has 1 aromatic rings. The molecule has 1 aliphatic heterocycles. The fraction of sp³-hybridized carbons (Fsp3) is 0.500. The van der Waals surface area contributed by atoms with Gasteiger partial charge in [-0.25, -0.2) is 0 Å². The van der Waals surface area contributed by atoms with Crippen LogP contribution in [0.25, 0.3) is 0 Å². The Hall–Kier alpha value is -1.39. The molecule has 1 atom stereocenters. The van der Waals surface area contributed by atoms with Crippen LogP contribution in [-0.4, -0.2) is 34.8 Å². The van der Waals surface area contributed by atoms with E-state index in [1.165, 1.54) is 31.2 Å². The molecule has 1 heterocycles. The molecule has 0 bridgehead atoms. The van der Waals surface area contributed by atoms with Gasteiger partial charge in [0.25, 0.3) is 0 Å². The Morgan fingerprint density at radius 2 is 2.05 bits per heavy atom. The van der Waals surface area contributed by atoms with E-state index in [0.717, 1.165) is 37.5 Å². The Balaban J connectivity index is 1.49. The van der Waals surface area contributed by atoms with Crippen LogP contribution in [-0.2, 0) is 6.54 Å². The average molecular weight is 315 g/mol. The van der Waals surface area contributed by atoms with E-state index in [1.807, 2.05) is 0 Å². The van der Waals surface area contributed by atoms with Crippen LogP contribution in [0.1, 0.15) is 31.2 Å². The lowest BCUT2D eigenvalue weighted by Gasteiger charge is -2.38. The highest BCUT2D eigenvalue weighted by Crippen LogP contribution is 2.22. The van der Waals surface area contributed by atoms with E-state index in [2.05, 4.69) is 57.6 Å². The summed E-state index contributed by atoms with van der Waals surface area (Å²) in [6.07, 6.45) is 9.82. The van der Waals surface area contributed by atoms with E-state index in [-0.39, 0.29) is 0 Å². The summed E-state index contributed by atoms with van der Waals surface area (Å²) in [6, 6.07) is 10.6. The van der Waals surface area contributed by atoms with Gasteiger partial charge >= 0.3 is 0 Å². The summed E-state index contributed by atoms with van der Waals surface area (Å²) in [4.78, 5) is 4.73. The van der Waals surface area contributed by atoms with Crippen molar-refractivity contribution in [3.8, 4) is 0 Å². The Morgan fingerprint density at radius 3 is 2.82 bits per heavy atom. The van der Waals surface area contributed by atoms with Crippen molar-refractivity contribution < 1.29 is 0 Å². The van der Waals surface area contributed by atoms with Gasteiger partial charge in [-0.15, -0.1) is 0 Å². The molecule has 118 valence electrons. The van der Waals surface area contributed by atoms with Gasteiger partial charge in [-0.1, -0.05) is 42.5 Å². The zero-order chi connectivity index (χ0) is 15.2. The van der Waals surface area contributed by atoms with Crippen molar-refractivity contribution in [1.82, 2.24) is 15.1 Å². The van der Waals surface area contributed by atoms with E-state index in [9.17, 15) is 0 Å². The van der Waals surface area contributed by atoms with Gasteiger partial charge in [0.15, 0.2) is 5.11 Å². The molecule has 0 amide bonds. The summed E-state index contributed by atoms with van der Waals surface area (Å²) in [5.74, 6) is 0.862. The Kier molecular flexibility index (Phi) is 5.46. The Labute approximate surface area is 139 Å². The molecular formula is C18H25N3S. The molecule has 1 saturated heterocycles. The fourth-order valence-corrected chi connectivity index (χ4v) is 3.39. The summed E-state index contributed by atoms with van der Waals surface area (Å²) >= 11 is 5.47. The second-order valence-electron chi connectivity index (χ2n) is 6.30. The van der Waals surface area contributed by atoms with E-state index in [1.54, 1.807) is 0 Å². The topological polar surface area (TPSA) is 18.5 Å². The smallest absolute Gasteiger partial charge is 0.171 e. The van der Waals surface area contributed by atoms with Crippen molar-refractivity contribution in [2.45, 2.75) is 32.2 Å². The molecule has 1 N–H and O–H groups in total. The number of hydrogen-bond donors (Lipinski definition) is 1. The van der Waals surface area contributed by atoms with Crippen LogP contribution in [0.4, 0.5) is 0 Å². The second-order valence-corrected chi connectivity index (χ2v) is 6.69. The lowest BCUT2D eigenvalue weighted by Crippen LogP contribution is -2.55. The highest BCUT2D eigenvalue weighted by Gasteiger charge is 2.21. The van der Waals surface area contributed by atoms with Crippen molar-refractivity contribution in [2.24, 2.45) is 5.92 Å². The molecule has 0 radical (unpaired) electrons. The van der Waals surface area contributed by atoms with Crippen molar-refractivity contribution in [2.75, 3.05) is 19.9 Å². The van der Waals surface area contributed by atoms with Crippen LogP contribution in [0.3, 0.4) is 0 Å². The minimum Gasteiger partial charge on any atom is -0.350 e. The van der Waals surface area contributed by atoms with Gasteiger partial charge < -0.3 is 10.2 Å². The highest BCUT2D eigenvalue weighted by atomic mass is 32.1. The lowest BCUT2D eigenvalue weighted by atomic mass is 9.91. The molecule has 1 fully saturated rings. The minimum absolute atomic E-state index is 0.862. The number of benzene rings is 1. The zero-order valence-corrected chi connectivity index (χ0v) is 13.9. The molecule has 1 aromatic carbocycles. The van der Waals surface area contributed by atoms with Crippen LogP contribution in [0.15, 0.2) is 42.5 Å². The molecule has 1 aliphatic carbocycles. The number of thiocarbonyl (C=S) groups is 1. The van der Waals surface area contributed by atoms with Crippen LogP contribution < -0.4 is 5.32 Å². The van der Waals surface area contributed by atoms with Gasteiger partial charge in [0.1, 0.15) is 0 Å². The van der Waals surface area contributed by atoms with E-state index in [0.29, 0.717) is 0 Å². The molecular weight excluding hydrogens is 290 g/mol. The third kappa shape index (κ3) is 4.31. The molecule has 0 unspecified atom stereocenters. The van der Waals surface area contributed by atoms with Gasteiger partial charge in [0, 0.05) is 13.1 Å². The number of rotatable bonds is 5. The first-order valence-corrected chi connectivity index (χ1v) is 8.66. The van der Waals surface area contributed by atoms with Crippen LogP contribution in [0.2, 0.25) is 0 Å². The summed E-state index contributed by atoms with van der Waals surface area (Å²) < 4.78 is 0. The van der Waals surface area contributed by atoms with E-state index < -0.39 is 0 Å². The summed E-state index contributed by atoms with van der Waals surface area (Å²) in [5.41, 5.74) is 1.31. The molecule has 0 spiro atoms. The largest absolute Gasteiger partial charge is 0.350 e. The number of nitrogens with one attached hydrogen (secondary N) is 1. The van der Waals surface area contributed by atoms with Crippen molar-refractivity contribution in [1.29, 1.82) is 0 Å². The number of hydrogen-bond acceptors (Lipinski definition) is 2. The monoisotopic (exact) mass is 315 g/mol. The highest BCUT2D eigenvalue weighted by molar-refractivity contribution is 7.80. The number of nitrogens with zero attached hydrogens (tertiary/aromatic N) is 2. The van der Waals surface area contributed by atoms with Crippen LogP contribution >= 0.6 is 12.2 Å². The van der Waals surface area contributed by atoms with Gasteiger partial charge in [0.2, 0.25) is 0 Å². The number of allylic oxidation sites excluding steroid dienone is 2. The van der Waals surface area contributed by atoms with Crippen molar-refractivity contribution in [3.63, 3.8) is 0 Å². The standard InChI is InChI=1S/C18H25N3S/c22-18-19-14-20(12-11-16-7-3-1-4-8-16)15-21(18)13-17-9-5-2-6-10-17/h1-3,5-6,9-10,16H,4,7-8,11-15H2,(H,19,22)/t16-/m0/s1. The lowest BCUT2D eigenvalue weighted by molar-refractivity contribution is 0.139. The maximum absolute atomic E-state index is 5.47. The summed E-state index contributed by atoms with van der Waals surface area (Å²) in [6.45, 7) is 3.85. The first kappa shape index (κ1) is 15.5. The molecule has 3 nitrogen and oxygen atoms in total. The van der Waals surface area contributed by atoms with Gasteiger partial charge in [-0.05, 0) is 49.4 Å². The first-order valence-electron chi connectivity index (χ1n) is 8.25. The van der Waals surface area contributed by atoms with Crippen LogP contribution in [0.5, 0.6) is 0 Å². The van der Waals surface area contributed by atoms with Crippen LogP contribution in [0, 0.1) is 5.92 Å². The first-order chi connectivity index (χ1) is 10.8. The van der Waals surface area contributed by atoms with E-state index in [4.69, 9.17) is 12.2 Å². The normalized spacial score (nSPS) is 22.6. The second kappa shape index (κ2) is 7.75.